The number of pyridine rings is 1. The van der Waals surface area contributed by atoms with Gasteiger partial charge in [0.25, 0.3) is 0 Å². The second-order valence-corrected chi connectivity index (χ2v) is 7.79. The fraction of sp³-hybridized carbons (Fsp3) is 0.235. The molecule has 0 aliphatic rings. The number of nitrogens with zero attached hydrogens (tertiary/aromatic N) is 1. The standard InChI is InChI=1S/C17H17IN2S/c1-2-19-16(13-10-17(18)21-11-13)9-12-7-8-20-15-6-4-3-5-14(12)15/h3-8,10-11,16,19H,2,9H2,1H3. The molecule has 3 rings (SSSR count). The highest BCUT2D eigenvalue weighted by molar-refractivity contribution is 14.1. The lowest BCUT2D eigenvalue weighted by Crippen LogP contribution is -2.22. The van der Waals surface area contributed by atoms with E-state index in [9.17, 15) is 0 Å². The zero-order chi connectivity index (χ0) is 14.7. The molecule has 2 aromatic heterocycles. The first kappa shape index (κ1) is 14.9. The summed E-state index contributed by atoms with van der Waals surface area (Å²) in [6.45, 7) is 3.13. The number of thiophene rings is 1. The van der Waals surface area contributed by atoms with Crippen LogP contribution in [0.4, 0.5) is 0 Å². The molecule has 4 heteroatoms. The number of nitrogens with one attached hydrogen (secondary N) is 1. The van der Waals surface area contributed by atoms with Crippen molar-refractivity contribution >= 4 is 44.8 Å². The van der Waals surface area contributed by atoms with E-state index in [0.29, 0.717) is 6.04 Å². The molecule has 0 aliphatic heterocycles. The lowest BCUT2D eigenvalue weighted by atomic mass is 9.98. The highest BCUT2D eigenvalue weighted by atomic mass is 127. The summed E-state index contributed by atoms with van der Waals surface area (Å²) in [5.74, 6) is 0. The Balaban J connectivity index is 1.94. The van der Waals surface area contributed by atoms with Crippen LogP contribution in [0.5, 0.6) is 0 Å². The molecule has 108 valence electrons. The van der Waals surface area contributed by atoms with Gasteiger partial charge in [-0.3, -0.25) is 4.98 Å². The predicted octanol–water partition coefficient (Wildman–Crippen LogP) is 4.79. The highest BCUT2D eigenvalue weighted by Gasteiger charge is 2.14. The lowest BCUT2D eigenvalue weighted by molar-refractivity contribution is 0.552. The van der Waals surface area contributed by atoms with E-state index in [4.69, 9.17) is 0 Å². The minimum absolute atomic E-state index is 0.362. The molecule has 3 aromatic rings. The van der Waals surface area contributed by atoms with Gasteiger partial charge in [-0.15, -0.1) is 11.3 Å². The Kier molecular flexibility index (Phi) is 4.87. The van der Waals surface area contributed by atoms with Gasteiger partial charge in [0.1, 0.15) is 0 Å². The van der Waals surface area contributed by atoms with Crippen LogP contribution in [0.1, 0.15) is 24.1 Å². The maximum absolute atomic E-state index is 4.45. The Bertz CT molecular complexity index is 733. The number of hydrogen-bond acceptors (Lipinski definition) is 3. The number of aromatic nitrogens is 1. The van der Waals surface area contributed by atoms with Crippen molar-refractivity contribution in [2.75, 3.05) is 6.54 Å². The first-order chi connectivity index (χ1) is 10.3. The maximum Gasteiger partial charge on any atom is 0.0704 e. The van der Waals surface area contributed by atoms with Gasteiger partial charge in [-0.25, -0.2) is 0 Å². The second kappa shape index (κ2) is 6.85. The van der Waals surface area contributed by atoms with Crippen molar-refractivity contribution in [1.29, 1.82) is 0 Å². The summed E-state index contributed by atoms with van der Waals surface area (Å²) in [6.07, 6.45) is 2.90. The summed E-state index contributed by atoms with van der Waals surface area (Å²) in [5.41, 5.74) is 3.81. The van der Waals surface area contributed by atoms with E-state index in [2.05, 4.69) is 75.5 Å². The Morgan fingerprint density at radius 3 is 2.90 bits per heavy atom. The average molecular weight is 408 g/mol. The summed E-state index contributed by atoms with van der Waals surface area (Å²) in [5, 5.41) is 7.13. The molecule has 0 saturated carbocycles. The topological polar surface area (TPSA) is 24.9 Å². The maximum atomic E-state index is 4.45. The summed E-state index contributed by atoms with van der Waals surface area (Å²) >= 11 is 4.20. The van der Waals surface area contributed by atoms with Gasteiger partial charge < -0.3 is 5.32 Å². The van der Waals surface area contributed by atoms with Crippen LogP contribution in [0.3, 0.4) is 0 Å². The monoisotopic (exact) mass is 408 g/mol. The van der Waals surface area contributed by atoms with E-state index >= 15 is 0 Å². The largest absolute Gasteiger partial charge is 0.310 e. The summed E-state index contributed by atoms with van der Waals surface area (Å²) in [4.78, 5) is 4.45. The number of para-hydroxylation sites is 1. The quantitative estimate of drug-likeness (QED) is 0.614. The van der Waals surface area contributed by atoms with E-state index < -0.39 is 0 Å². The zero-order valence-corrected chi connectivity index (χ0v) is 14.8. The third-order valence-corrected chi connectivity index (χ3v) is 5.41. The molecule has 0 saturated heterocycles. The molecule has 0 amide bonds. The van der Waals surface area contributed by atoms with Gasteiger partial charge in [-0.2, -0.15) is 0 Å². The number of likely N-dealkylation sites (N-methyl/N-ethyl adjacent to an activating group) is 1. The van der Waals surface area contributed by atoms with Crippen LogP contribution in [0, 0.1) is 2.88 Å². The van der Waals surface area contributed by atoms with Gasteiger partial charge >= 0.3 is 0 Å². The van der Waals surface area contributed by atoms with Crippen LogP contribution >= 0.6 is 33.9 Å². The molecule has 0 radical (unpaired) electrons. The summed E-state index contributed by atoms with van der Waals surface area (Å²) in [7, 11) is 0. The molecule has 1 unspecified atom stereocenters. The van der Waals surface area contributed by atoms with E-state index in [1.165, 1.54) is 19.4 Å². The Morgan fingerprint density at radius 2 is 2.14 bits per heavy atom. The van der Waals surface area contributed by atoms with Crippen molar-refractivity contribution in [3.63, 3.8) is 0 Å². The third kappa shape index (κ3) is 3.44. The van der Waals surface area contributed by atoms with E-state index in [0.717, 1.165) is 18.5 Å². The number of halogens is 1. The Hall–Kier alpha value is -0.980. The van der Waals surface area contributed by atoms with Crippen molar-refractivity contribution in [3.05, 3.63) is 62.0 Å². The van der Waals surface area contributed by atoms with Gasteiger partial charge in [0.15, 0.2) is 0 Å². The van der Waals surface area contributed by atoms with Crippen LogP contribution in [-0.4, -0.2) is 11.5 Å². The predicted molar refractivity (Wildman–Crippen MR) is 98.9 cm³/mol. The zero-order valence-electron chi connectivity index (χ0n) is 11.8. The molecule has 1 N–H and O–H groups in total. The molecule has 2 nitrogen and oxygen atoms in total. The van der Waals surface area contributed by atoms with Crippen LogP contribution in [0.25, 0.3) is 10.9 Å². The van der Waals surface area contributed by atoms with Gasteiger partial charge in [0.05, 0.1) is 8.40 Å². The van der Waals surface area contributed by atoms with Crippen molar-refractivity contribution in [1.82, 2.24) is 10.3 Å². The summed E-state index contributed by atoms with van der Waals surface area (Å²) < 4.78 is 1.34. The minimum atomic E-state index is 0.362. The van der Waals surface area contributed by atoms with E-state index in [1.54, 1.807) is 0 Å². The number of benzene rings is 1. The first-order valence-electron chi connectivity index (χ1n) is 7.08. The molecule has 1 atom stereocenters. The van der Waals surface area contributed by atoms with Crippen molar-refractivity contribution in [3.8, 4) is 0 Å². The van der Waals surface area contributed by atoms with E-state index in [1.807, 2.05) is 23.6 Å². The molecule has 0 aliphatic carbocycles. The van der Waals surface area contributed by atoms with Crippen molar-refractivity contribution in [2.24, 2.45) is 0 Å². The average Bonchev–Trinajstić information content (AvgIpc) is 2.94. The SMILES string of the molecule is CCNC(Cc1ccnc2ccccc12)c1csc(I)c1. The van der Waals surface area contributed by atoms with E-state index in [-0.39, 0.29) is 0 Å². The van der Waals surface area contributed by atoms with Gasteiger partial charge in [-0.1, -0.05) is 25.1 Å². The molecule has 0 fully saturated rings. The molecule has 21 heavy (non-hydrogen) atoms. The molecule has 2 heterocycles. The van der Waals surface area contributed by atoms with Gasteiger partial charge in [0.2, 0.25) is 0 Å². The van der Waals surface area contributed by atoms with Gasteiger partial charge in [0, 0.05) is 17.6 Å². The Morgan fingerprint density at radius 1 is 1.29 bits per heavy atom. The van der Waals surface area contributed by atoms with Crippen LogP contribution in [0.2, 0.25) is 0 Å². The molecule has 1 aromatic carbocycles. The normalized spacial score (nSPS) is 12.7. The third-order valence-electron chi connectivity index (χ3n) is 3.60. The van der Waals surface area contributed by atoms with Crippen LogP contribution < -0.4 is 5.32 Å². The fourth-order valence-corrected chi connectivity index (χ4v) is 4.04. The van der Waals surface area contributed by atoms with Gasteiger partial charge in [-0.05, 0) is 70.3 Å². The second-order valence-electron chi connectivity index (χ2n) is 4.99. The molecule has 0 bridgehead atoms. The highest BCUT2D eigenvalue weighted by Crippen LogP contribution is 2.27. The summed E-state index contributed by atoms with van der Waals surface area (Å²) in [6, 6.07) is 13.2. The van der Waals surface area contributed by atoms with Crippen molar-refractivity contribution in [2.45, 2.75) is 19.4 Å². The van der Waals surface area contributed by atoms with Crippen LogP contribution in [-0.2, 0) is 6.42 Å². The number of hydrogen-bond donors (Lipinski definition) is 1. The minimum Gasteiger partial charge on any atom is -0.310 e. The van der Waals surface area contributed by atoms with Crippen LogP contribution in [0.15, 0.2) is 48.0 Å². The lowest BCUT2D eigenvalue weighted by Gasteiger charge is -2.18. The number of fused-ring (bicyclic) bond motifs is 1. The smallest absolute Gasteiger partial charge is 0.0704 e. The molecular formula is C17H17IN2S. The molecule has 0 spiro atoms. The number of rotatable bonds is 5. The Labute approximate surface area is 142 Å². The first-order valence-corrected chi connectivity index (χ1v) is 9.03. The fourth-order valence-electron chi connectivity index (χ4n) is 2.61. The molecular weight excluding hydrogens is 391 g/mol. The van der Waals surface area contributed by atoms with Crippen molar-refractivity contribution < 1.29 is 0 Å².